The Morgan fingerprint density at radius 1 is 1.12 bits per heavy atom. The van der Waals surface area contributed by atoms with Crippen molar-refractivity contribution in [1.29, 1.82) is 0 Å². The zero-order chi connectivity index (χ0) is 11.3. The molecule has 3 aliphatic rings. The number of benzene rings is 1. The first kappa shape index (κ1) is 9.06. The molecule has 1 heteroatoms. The summed E-state index contributed by atoms with van der Waals surface area (Å²) in [6.45, 7) is 0. The Morgan fingerprint density at radius 3 is 3.06 bits per heavy atom. The zero-order valence-corrected chi connectivity index (χ0v) is 9.34. The van der Waals surface area contributed by atoms with Gasteiger partial charge in [-0.05, 0) is 28.9 Å². The van der Waals surface area contributed by atoms with Crippen molar-refractivity contribution in [1.82, 2.24) is 0 Å². The van der Waals surface area contributed by atoms with E-state index in [1.54, 1.807) is 0 Å². The molecule has 1 aromatic carbocycles. The Balaban J connectivity index is 2.02. The van der Waals surface area contributed by atoms with Crippen LogP contribution in [0.5, 0.6) is 0 Å². The maximum atomic E-state index is 5.67. The van der Waals surface area contributed by atoms with Gasteiger partial charge >= 0.3 is 0 Å². The topological polar surface area (TPSA) is 9.23 Å². The molecule has 0 fully saturated rings. The average Bonchev–Trinajstić information content (AvgIpc) is 2.80. The molecule has 2 aliphatic carbocycles. The molecule has 0 radical (unpaired) electrons. The molecule has 2 atom stereocenters. The third-order valence-corrected chi connectivity index (χ3v) is 3.84. The van der Waals surface area contributed by atoms with Crippen LogP contribution in [0.15, 0.2) is 60.9 Å². The Hall–Kier alpha value is -2.02. The lowest BCUT2D eigenvalue weighted by molar-refractivity contribution is 0.169. The predicted molar refractivity (Wildman–Crippen MR) is 69.0 cm³/mol. The number of fused-ring (bicyclic) bond motifs is 2. The van der Waals surface area contributed by atoms with E-state index in [0.29, 0.717) is 0 Å². The zero-order valence-electron chi connectivity index (χ0n) is 9.34. The van der Waals surface area contributed by atoms with Gasteiger partial charge in [0.2, 0.25) is 0 Å². The van der Waals surface area contributed by atoms with E-state index in [1.165, 1.54) is 16.7 Å². The Labute approximate surface area is 100 Å². The minimum Gasteiger partial charge on any atom is -0.493 e. The molecule has 4 rings (SSSR count). The van der Waals surface area contributed by atoms with E-state index in [1.807, 2.05) is 6.26 Å². The van der Waals surface area contributed by atoms with E-state index in [9.17, 15) is 0 Å². The molecule has 0 aromatic heterocycles. The smallest absolute Gasteiger partial charge is 0.133 e. The highest BCUT2D eigenvalue weighted by Gasteiger charge is 2.44. The van der Waals surface area contributed by atoms with Crippen LogP contribution >= 0.6 is 0 Å². The normalized spacial score (nSPS) is 31.3. The van der Waals surface area contributed by atoms with Gasteiger partial charge in [-0.15, -0.1) is 0 Å². The van der Waals surface area contributed by atoms with Crippen LogP contribution in [0.2, 0.25) is 0 Å². The Morgan fingerprint density at radius 2 is 2.06 bits per heavy atom. The van der Waals surface area contributed by atoms with Crippen molar-refractivity contribution in [3.8, 4) is 0 Å². The fourth-order valence-corrected chi connectivity index (χ4v) is 2.97. The largest absolute Gasteiger partial charge is 0.493 e. The first-order chi connectivity index (χ1) is 8.40. The quantitative estimate of drug-likeness (QED) is 0.649. The maximum Gasteiger partial charge on any atom is 0.133 e. The van der Waals surface area contributed by atoms with Gasteiger partial charge in [-0.25, -0.2) is 0 Å². The molecule has 1 heterocycles. The van der Waals surface area contributed by atoms with Gasteiger partial charge in [0.05, 0.1) is 11.7 Å². The predicted octanol–water partition coefficient (Wildman–Crippen LogP) is 3.57. The molecule has 0 N–H and O–H groups in total. The number of ether oxygens (including phenoxy) is 1. The van der Waals surface area contributed by atoms with Crippen LogP contribution < -0.4 is 0 Å². The van der Waals surface area contributed by atoms with Crippen molar-refractivity contribution >= 4 is 11.6 Å². The summed E-state index contributed by atoms with van der Waals surface area (Å²) < 4.78 is 5.67. The Bertz CT molecular complexity index is 604. The minimum atomic E-state index is -0.0803. The highest BCUT2D eigenvalue weighted by atomic mass is 16.5. The lowest BCUT2D eigenvalue weighted by Crippen LogP contribution is -2.32. The second kappa shape index (κ2) is 3.01. The standard InChI is InChI=1S/C16H12O/c1-2-5-13-12(4-1)8-9-16-10-11-17-15(16)7-3-6-14(13)16/h1-11,15H. The summed E-state index contributed by atoms with van der Waals surface area (Å²) in [5.74, 6) is 0. The van der Waals surface area contributed by atoms with Crippen molar-refractivity contribution in [3.63, 3.8) is 0 Å². The SMILES string of the molecule is C1=CC2OC=CC23C=Cc2ccccc2C3=C1. The van der Waals surface area contributed by atoms with Gasteiger partial charge in [0, 0.05) is 0 Å². The molecule has 0 amide bonds. The number of hydrogen-bond acceptors (Lipinski definition) is 1. The van der Waals surface area contributed by atoms with E-state index < -0.39 is 0 Å². The summed E-state index contributed by atoms with van der Waals surface area (Å²) in [7, 11) is 0. The fraction of sp³-hybridized carbons (Fsp3) is 0.125. The van der Waals surface area contributed by atoms with Crippen molar-refractivity contribution in [2.24, 2.45) is 5.41 Å². The third-order valence-electron chi connectivity index (χ3n) is 3.84. The molecule has 1 aliphatic heterocycles. The van der Waals surface area contributed by atoms with Crippen molar-refractivity contribution in [2.75, 3.05) is 0 Å². The number of rotatable bonds is 0. The van der Waals surface area contributed by atoms with Gasteiger partial charge in [0.25, 0.3) is 0 Å². The van der Waals surface area contributed by atoms with E-state index in [2.05, 4.69) is 60.7 Å². The first-order valence-corrected chi connectivity index (χ1v) is 5.91. The van der Waals surface area contributed by atoms with Gasteiger partial charge in [-0.2, -0.15) is 0 Å². The molecule has 1 spiro atoms. The summed E-state index contributed by atoms with van der Waals surface area (Å²) in [4.78, 5) is 0. The molecule has 1 aromatic rings. The molecule has 2 unspecified atom stereocenters. The lowest BCUT2D eigenvalue weighted by Gasteiger charge is -2.36. The van der Waals surface area contributed by atoms with Gasteiger partial charge in [0.15, 0.2) is 0 Å². The van der Waals surface area contributed by atoms with Gasteiger partial charge in [-0.3, -0.25) is 0 Å². The molecular formula is C16H12O. The van der Waals surface area contributed by atoms with Crippen molar-refractivity contribution in [3.05, 3.63) is 72.0 Å². The summed E-state index contributed by atoms with van der Waals surface area (Å²) in [5.41, 5.74) is 3.87. The minimum absolute atomic E-state index is 0.0803. The van der Waals surface area contributed by atoms with E-state index in [0.717, 1.165) is 0 Å². The van der Waals surface area contributed by atoms with Crippen LogP contribution in [-0.4, -0.2) is 6.10 Å². The Kier molecular flexibility index (Phi) is 1.60. The van der Waals surface area contributed by atoms with Crippen LogP contribution in [0.1, 0.15) is 11.1 Å². The molecule has 17 heavy (non-hydrogen) atoms. The molecule has 0 saturated carbocycles. The van der Waals surface area contributed by atoms with Gasteiger partial charge < -0.3 is 4.74 Å². The van der Waals surface area contributed by atoms with Crippen molar-refractivity contribution in [2.45, 2.75) is 6.10 Å². The van der Waals surface area contributed by atoms with E-state index >= 15 is 0 Å². The highest BCUT2D eigenvalue weighted by Crippen LogP contribution is 2.51. The first-order valence-electron chi connectivity index (χ1n) is 5.91. The summed E-state index contributed by atoms with van der Waals surface area (Å²) in [5, 5.41) is 0. The second-order valence-corrected chi connectivity index (χ2v) is 4.68. The number of allylic oxidation sites excluding steroid dienone is 2. The maximum absolute atomic E-state index is 5.67. The van der Waals surface area contributed by atoms with Gasteiger partial charge in [-0.1, -0.05) is 48.6 Å². The molecule has 0 saturated heterocycles. The molecule has 82 valence electrons. The highest BCUT2D eigenvalue weighted by molar-refractivity contribution is 5.87. The van der Waals surface area contributed by atoms with Crippen LogP contribution in [-0.2, 0) is 4.74 Å². The van der Waals surface area contributed by atoms with Crippen molar-refractivity contribution < 1.29 is 4.74 Å². The molecule has 1 nitrogen and oxygen atoms in total. The van der Waals surface area contributed by atoms with Crippen LogP contribution in [0, 0.1) is 5.41 Å². The summed E-state index contributed by atoms with van der Waals surface area (Å²) in [6.07, 6.45) is 15.0. The fourth-order valence-electron chi connectivity index (χ4n) is 2.97. The van der Waals surface area contributed by atoms with Gasteiger partial charge in [0.1, 0.15) is 6.10 Å². The second-order valence-electron chi connectivity index (χ2n) is 4.68. The molecule has 0 bridgehead atoms. The van der Waals surface area contributed by atoms with E-state index in [4.69, 9.17) is 4.74 Å². The average molecular weight is 220 g/mol. The molecular weight excluding hydrogens is 208 g/mol. The lowest BCUT2D eigenvalue weighted by atomic mass is 9.67. The monoisotopic (exact) mass is 220 g/mol. The van der Waals surface area contributed by atoms with Crippen LogP contribution in [0.25, 0.3) is 11.6 Å². The number of hydrogen-bond donors (Lipinski definition) is 0. The van der Waals surface area contributed by atoms with Crippen LogP contribution in [0.4, 0.5) is 0 Å². The third kappa shape index (κ3) is 1.04. The summed E-state index contributed by atoms with van der Waals surface area (Å²) in [6, 6.07) is 8.53. The van der Waals surface area contributed by atoms with E-state index in [-0.39, 0.29) is 11.5 Å². The van der Waals surface area contributed by atoms with Crippen LogP contribution in [0.3, 0.4) is 0 Å². The summed E-state index contributed by atoms with van der Waals surface area (Å²) >= 11 is 0.